The van der Waals surface area contributed by atoms with Gasteiger partial charge in [-0.1, -0.05) is 5.23 Å². The van der Waals surface area contributed by atoms with Crippen LogP contribution in [-0.2, 0) is 0 Å². The third-order valence-corrected chi connectivity index (χ3v) is 0.283. The first-order valence-electron chi connectivity index (χ1n) is 1.80. The molecule has 3 nitrogen and oxygen atoms in total. The summed E-state index contributed by atoms with van der Waals surface area (Å²) in [6.07, 6.45) is 1.47. The molecule has 0 unspecified atom stereocenters. The van der Waals surface area contributed by atoms with Gasteiger partial charge < -0.3 is 0 Å². The van der Waals surface area contributed by atoms with E-state index in [1.807, 2.05) is 0 Å². The molecule has 4 heteroatoms. The molecule has 0 radical (unpaired) electrons. The van der Waals surface area contributed by atoms with Crippen LogP contribution in [0.4, 0.5) is 0 Å². The molecule has 0 aliphatic rings. The maximum absolute atomic E-state index is 7.75. The van der Waals surface area contributed by atoms with E-state index >= 15 is 0 Å². The number of hydrogen-bond acceptors (Lipinski definition) is 3. The SMILES string of the molecule is CCN(O)O.CCl. The Balaban J connectivity index is 0. The average molecular weight is 128 g/mol. The Morgan fingerprint density at radius 2 is 1.57 bits per heavy atom. The van der Waals surface area contributed by atoms with E-state index in [4.69, 9.17) is 10.4 Å². The molecule has 0 amide bonds. The molecule has 0 aliphatic heterocycles. The Morgan fingerprint density at radius 3 is 1.57 bits per heavy atom. The van der Waals surface area contributed by atoms with E-state index in [9.17, 15) is 0 Å². The number of rotatable bonds is 1. The highest BCUT2D eigenvalue weighted by Gasteiger charge is 1.76. The van der Waals surface area contributed by atoms with Crippen molar-refractivity contribution in [2.24, 2.45) is 0 Å². The van der Waals surface area contributed by atoms with E-state index in [2.05, 4.69) is 11.6 Å². The van der Waals surface area contributed by atoms with Crippen molar-refractivity contribution in [3.8, 4) is 0 Å². The van der Waals surface area contributed by atoms with E-state index in [-0.39, 0.29) is 11.8 Å². The molecule has 0 fully saturated rings. The summed E-state index contributed by atoms with van der Waals surface area (Å²) in [6.45, 7) is 1.88. The summed E-state index contributed by atoms with van der Waals surface area (Å²) in [7, 11) is 0. The minimum Gasteiger partial charge on any atom is -0.290 e. The van der Waals surface area contributed by atoms with Crippen LogP contribution in [-0.4, -0.2) is 28.6 Å². The molecule has 0 rings (SSSR count). The number of halogens is 1. The second-order valence-corrected chi connectivity index (χ2v) is 0.689. The Kier molecular flexibility index (Phi) is 13.8. The summed E-state index contributed by atoms with van der Waals surface area (Å²) in [5.41, 5.74) is 0. The zero-order valence-electron chi connectivity index (χ0n) is 4.43. The van der Waals surface area contributed by atoms with Crippen LogP contribution in [0.5, 0.6) is 0 Å². The van der Waals surface area contributed by atoms with Gasteiger partial charge in [0, 0.05) is 12.9 Å². The highest BCUT2D eigenvalue weighted by atomic mass is 35.5. The number of alkyl halides is 1. The van der Waals surface area contributed by atoms with Gasteiger partial charge in [-0.05, 0) is 6.92 Å². The average Bonchev–Trinajstić information content (AvgIpc) is 1.73. The molecule has 2 N–H and O–H groups in total. The number of hydrogen-bond donors (Lipinski definition) is 2. The standard InChI is InChI=1S/C2H7NO2.CH3Cl/c1-2-3(4)5;1-2/h4-5H,2H2,1H3;1H3. The second-order valence-electron chi connectivity index (χ2n) is 0.689. The van der Waals surface area contributed by atoms with Crippen LogP contribution in [0.2, 0.25) is 0 Å². The lowest BCUT2D eigenvalue weighted by Gasteiger charge is -1.95. The van der Waals surface area contributed by atoms with Crippen LogP contribution in [0.25, 0.3) is 0 Å². The number of nitrogens with zero attached hydrogens (tertiary/aromatic N) is 1. The van der Waals surface area contributed by atoms with Crippen molar-refractivity contribution in [3.63, 3.8) is 0 Å². The zero-order valence-corrected chi connectivity index (χ0v) is 5.18. The molecule has 0 atom stereocenters. The van der Waals surface area contributed by atoms with Crippen molar-refractivity contribution in [2.45, 2.75) is 6.92 Å². The Hall–Kier alpha value is 0.170. The van der Waals surface area contributed by atoms with E-state index in [0.29, 0.717) is 0 Å². The fraction of sp³-hybridized carbons (Fsp3) is 1.00. The monoisotopic (exact) mass is 127 g/mol. The van der Waals surface area contributed by atoms with Gasteiger partial charge in [0.05, 0.1) is 0 Å². The minimum atomic E-state index is 0.125. The van der Waals surface area contributed by atoms with Crippen LogP contribution in [0, 0.1) is 0 Å². The Bertz CT molecular complexity index is 26.9. The molecule has 0 saturated carbocycles. The van der Waals surface area contributed by atoms with Gasteiger partial charge in [-0.15, -0.1) is 11.6 Å². The van der Waals surface area contributed by atoms with Crippen LogP contribution in [0.3, 0.4) is 0 Å². The fourth-order valence-electron chi connectivity index (χ4n) is 0. The van der Waals surface area contributed by atoms with E-state index in [0.717, 1.165) is 0 Å². The first-order chi connectivity index (χ1) is 3.27. The summed E-state index contributed by atoms with van der Waals surface area (Å²) < 4.78 is 0. The van der Waals surface area contributed by atoms with Gasteiger partial charge in [0.15, 0.2) is 0 Å². The third-order valence-electron chi connectivity index (χ3n) is 0.283. The Labute approximate surface area is 48.0 Å². The van der Waals surface area contributed by atoms with Crippen molar-refractivity contribution in [1.29, 1.82) is 0 Å². The van der Waals surface area contributed by atoms with E-state index in [1.54, 1.807) is 6.92 Å². The molecule has 0 saturated heterocycles. The van der Waals surface area contributed by atoms with E-state index in [1.165, 1.54) is 6.38 Å². The third kappa shape index (κ3) is 22.8. The molecular weight excluding hydrogens is 117 g/mol. The van der Waals surface area contributed by atoms with Crippen LogP contribution in [0.1, 0.15) is 6.92 Å². The summed E-state index contributed by atoms with van der Waals surface area (Å²) in [4.78, 5) is 0. The lowest BCUT2D eigenvalue weighted by atomic mass is 10.8. The smallest absolute Gasteiger partial charge is 0.0484 e. The van der Waals surface area contributed by atoms with Gasteiger partial charge in [-0.2, -0.15) is 0 Å². The predicted molar refractivity (Wildman–Crippen MR) is 27.7 cm³/mol. The summed E-state index contributed by atoms with van der Waals surface area (Å²) in [5.74, 6) is 0. The lowest BCUT2D eigenvalue weighted by molar-refractivity contribution is -0.303. The zero-order chi connectivity index (χ0) is 6.28. The van der Waals surface area contributed by atoms with Gasteiger partial charge in [0.25, 0.3) is 0 Å². The summed E-state index contributed by atoms with van der Waals surface area (Å²) >= 11 is 4.64. The minimum absolute atomic E-state index is 0.125. The first kappa shape index (κ1) is 10.2. The lowest BCUT2D eigenvalue weighted by Crippen LogP contribution is -2.10. The van der Waals surface area contributed by atoms with Gasteiger partial charge in [-0.25, -0.2) is 0 Å². The highest BCUT2D eigenvalue weighted by Crippen LogP contribution is 1.61. The molecule has 7 heavy (non-hydrogen) atoms. The van der Waals surface area contributed by atoms with Crippen LogP contribution in [0.15, 0.2) is 0 Å². The summed E-state index contributed by atoms with van der Waals surface area (Å²) in [5, 5.41) is 15.6. The maximum atomic E-state index is 7.75. The van der Waals surface area contributed by atoms with Gasteiger partial charge in [-0.3, -0.25) is 10.4 Å². The molecule has 0 aliphatic carbocycles. The molecule has 0 spiro atoms. The first-order valence-corrected chi connectivity index (χ1v) is 2.56. The van der Waals surface area contributed by atoms with Gasteiger partial charge >= 0.3 is 0 Å². The van der Waals surface area contributed by atoms with Crippen molar-refractivity contribution in [3.05, 3.63) is 0 Å². The van der Waals surface area contributed by atoms with Crippen molar-refractivity contribution >= 4 is 11.6 Å². The topological polar surface area (TPSA) is 43.7 Å². The molecule has 0 aromatic heterocycles. The number of hydroxylamine groups is 2. The molecule has 0 aromatic carbocycles. The van der Waals surface area contributed by atoms with Crippen molar-refractivity contribution in [1.82, 2.24) is 5.23 Å². The molecule has 46 valence electrons. The van der Waals surface area contributed by atoms with Crippen molar-refractivity contribution < 1.29 is 10.4 Å². The largest absolute Gasteiger partial charge is 0.290 e. The quantitative estimate of drug-likeness (QED) is 0.407. The summed E-state index contributed by atoms with van der Waals surface area (Å²) in [6, 6.07) is 0. The molecular formula is C3H10ClNO2. The molecule has 0 bridgehead atoms. The molecule has 0 aromatic rings. The maximum Gasteiger partial charge on any atom is 0.0484 e. The normalized spacial score (nSPS) is 7.71. The predicted octanol–water partition coefficient (Wildman–Crippen LogP) is 0.942. The Morgan fingerprint density at radius 1 is 1.43 bits per heavy atom. The van der Waals surface area contributed by atoms with Crippen molar-refractivity contribution in [2.75, 3.05) is 12.9 Å². The second kappa shape index (κ2) is 9.48. The van der Waals surface area contributed by atoms with Gasteiger partial charge in [0.2, 0.25) is 0 Å². The molecule has 0 heterocycles. The highest BCUT2D eigenvalue weighted by molar-refractivity contribution is 6.15. The van der Waals surface area contributed by atoms with Crippen LogP contribution >= 0.6 is 11.6 Å². The van der Waals surface area contributed by atoms with Gasteiger partial charge in [0.1, 0.15) is 0 Å². The van der Waals surface area contributed by atoms with Crippen LogP contribution < -0.4 is 0 Å². The van der Waals surface area contributed by atoms with E-state index < -0.39 is 0 Å². The fourth-order valence-corrected chi connectivity index (χ4v) is 0.